The lowest BCUT2D eigenvalue weighted by Crippen LogP contribution is -2.25. The van der Waals surface area contributed by atoms with Crippen LogP contribution in [-0.2, 0) is 16.4 Å². The van der Waals surface area contributed by atoms with E-state index in [1.54, 1.807) is 18.3 Å². The van der Waals surface area contributed by atoms with Crippen LogP contribution in [0.15, 0.2) is 53.7 Å². The average Bonchev–Trinajstić information content (AvgIpc) is 3.08. The Hall–Kier alpha value is -2.58. The highest BCUT2D eigenvalue weighted by molar-refractivity contribution is 7.89. The number of rotatable bonds is 8. The van der Waals surface area contributed by atoms with E-state index in [-0.39, 0.29) is 10.6 Å². The van der Waals surface area contributed by atoms with Gasteiger partial charge in [-0.2, -0.15) is 0 Å². The van der Waals surface area contributed by atoms with Crippen LogP contribution in [0.5, 0.6) is 11.5 Å². The maximum absolute atomic E-state index is 12.6. The molecule has 0 saturated carbocycles. The SMILES string of the molecule is COc1ccc(OC)c(S(=O)(=O)NCCCc2ncc3ccccn23)c1. The molecule has 0 unspecified atom stereocenters. The summed E-state index contributed by atoms with van der Waals surface area (Å²) in [6.45, 7) is 0.296. The molecule has 7 nitrogen and oxygen atoms in total. The number of imidazole rings is 1. The predicted octanol–water partition coefficient (Wildman–Crippen LogP) is 2.26. The molecule has 0 spiro atoms. The van der Waals surface area contributed by atoms with Crippen LogP contribution in [0, 0.1) is 0 Å². The second-order valence-electron chi connectivity index (χ2n) is 5.69. The van der Waals surface area contributed by atoms with Crippen LogP contribution in [0.3, 0.4) is 0 Å². The number of aryl methyl sites for hydroxylation is 1. The number of hydrogen-bond acceptors (Lipinski definition) is 5. The maximum atomic E-state index is 12.6. The van der Waals surface area contributed by atoms with Crippen molar-refractivity contribution in [2.24, 2.45) is 0 Å². The molecular formula is C18H21N3O4S. The molecule has 0 atom stereocenters. The number of sulfonamides is 1. The largest absolute Gasteiger partial charge is 0.497 e. The second kappa shape index (κ2) is 7.76. The van der Waals surface area contributed by atoms with Crippen molar-refractivity contribution in [3.63, 3.8) is 0 Å². The number of methoxy groups -OCH3 is 2. The summed E-state index contributed by atoms with van der Waals surface area (Å²) < 4.78 is 40.0. The molecule has 1 N–H and O–H groups in total. The van der Waals surface area contributed by atoms with E-state index in [9.17, 15) is 8.42 Å². The lowest BCUT2D eigenvalue weighted by molar-refractivity contribution is 0.392. The first-order chi connectivity index (χ1) is 12.5. The zero-order chi connectivity index (χ0) is 18.6. The summed E-state index contributed by atoms with van der Waals surface area (Å²) in [5.41, 5.74) is 1.02. The quantitative estimate of drug-likeness (QED) is 0.611. The van der Waals surface area contributed by atoms with Crippen LogP contribution in [0.4, 0.5) is 0 Å². The molecule has 0 aliphatic carbocycles. The molecule has 0 fully saturated rings. The zero-order valence-electron chi connectivity index (χ0n) is 14.7. The normalized spacial score (nSPS) is 11.6. The van der Waals surface area contributed by atoms with Crippen LogP contribution in [0.25, 0.3) is 5.52 Å². The Labute approximate surface area is 152 Å². The number of aromatic nitrogens is 2. The third kappa shape index (κ3) is 3.81. The molecule has 0 aliphatic heterocycles. The van der Waals surface area contributed by atoms with Crippen LogP contribution < -0.4 is 14.2 Å². The van der Waals surface area contributed by atoms with Crippen molar-refractivity contribution in [1.29, 1.82) is 0 Å². The van der Waals surface area contributed by atoms with Gasteiger partial charge in [0, 0.05) is 25.2 Å². The van der Waals surface area contributed by atoms with Gasteiger partial charge in [-0.3, -0.25) is 0 Å². The van der Waals surface area contributed by atoms with Gasteiger partial charge in [0.15, 0.2) is 0 Å². The Morgan fingerprint density at radius 3 is 2.77 bits per heavy atom. The van der Waals surface area contributed by atoms with Crippen molar-refractivity contribution in [1.82, 2.24) is 14.1 Å². The Balaban J connectivity index is 1.65. The van der Waals surface area contributed by atoms with Gasteiger partial charge in [-0.25, -0.2) is 18.1 Å². The summed E-state index contributed by atoms with van der Waals surface area (Å²) in [7, 11) is -0.780. The summed E-state index contributed by atoms with van der Waals surface area (Å²) >= 11 is 0. The fraction of sp³-hybridized carbons (Fsp3) is 0.278. The first kappa shape index (κ1) is 18.2. The van der Waals surface area contributed by atoms with Gasteiger partial charge in [-0.15, -0.1) is 0 Å². The highest BCUT2D eigenvalue weighted by Gasteiger charge is 2.20. The summed E-state index contributed by atoms with van der Waals surface area (Å²) in [6, 6.07) is 10.6. The highest BCUT2D eigenvalue weighted by Crippen LogP contribution is 2.27. The number of pyridine rings is 1. The standard InChI is InChI=1S/C18H21N3O4S/c1-24-15-8-9-16(25-2)17(12-15)26(22,23)20-10-5-7-18-19-13-14-6-3-4-11-21(14)18/h3-4,6,8-9,11-13,20H,5,7,10H2,1-2H3. The van der Waals surface area contributed by atoms with Gasteiger partial charge in [-0.05, 0) is 30.7 Å². The number of benzene rings is 1. The van der Waals surface area contributed by atoms with E-state index in [4.69, 9.17) is 9.47 Å². The highest BCUT2D eigenvalue weighted by atomic mass is 32.2. The van der Waals surface area contributed by atoms with Gasteiger partial charge in [0.1, 0.15) is 22.2 Å². The summed E-state index contributed by atoms with van der Waals surface area (Å²) in [6.07, 6.45) is 5.04. The molecule has 2 aromatic heterocycles. The van der Waals surface area contributed by atoms with Crippen LogP contribution in [0.1, 0.15) is 12.2 Å². The second-order valence-corrected chi connectivity index (χ2v) is 7.42. The maximum Gasteiger partial charge on any atom is 0.244 e. The minimum Gasteiger partial charge on any atom is -0.497 e. The van der Waals surface area contributed by atoms with Crippen molar-refractivity contribution < 1.29 is 17.9 Å². The summed E-state index contributed by atoms with van der Waals surface area (Å²) in [4.78, 5) is 4.45. The van der Waals surface area contributed by atoms with Crippen molar-refractivity contribution in [3.8, 4) is 11.5 Å². The van der Waals surface area contributed by atoms with E-state index in [0.717, 1.165) is 11.3 Å². The third-order valence-corrected chi connectivity index (χ3v) is 5.53. The zero-order valence-corrected chi connectivity index (χ0v) is 15.5. The fourth-order valence-electron chi connectivity index (χ4n) is 2.71. The lowest BCUT2D eigenvalue weighted by atomic mass is 10.3. The molecule has 0 aliphatic rings. The fourth-order valence-corrected chi connectivity index (χ4v) is 3.97. The van der Waals surface area contributed by atoms with Gasteiger partial charge >= 0.3 is 0 Å². The Kier molecular flexibility index (Phi) is 5.43. The number of fused-ring (bicyclic) bond motifs is 1. The molecule has 2 heterocycles. The van der Waals surface area contributed by atoms with Gasteiger partial charge in [0.2, 0.25) is 10.0 Å². The minimum atomic E-state index is -3.70. The molecule has 0 amide bonds. The molecule has 1 aromatic carbocycles. The monoisotopic (exact) mass is 375 g/mol. The van der Waals surface area contributed by atoms with Gasteiger partial charge in [0.25, 0.3) is 0 Å². The topological polar surface area (TPSA) is 81.9 Å². The van der Waals surface area contributed by atoms with Gasteiger partial charge in [0.05, 0.1) is 25.9 Å². The number of ether oxygens (including phenoxy) is 2. The molecule has 138 valence electrons. The van der Waals surface area contributed by atoms with E-state index in [1.165, 1.54) is 20.3 Å². The molecule has 0 radical (unpaired) electrons. The van der Waals surface area contributed by atoms with E-state index in [1.807, 2.05) is 28.8 Å². The molecule has 3 rings (SSSR count). The van der Waals surface area contributed by atoms with E-state index in [2.05, 4.69) is 9.71 Å². The molecule has 3 aromatic rings. The predicted molar refractivity (Wildman–Crippen MR) is 98.2 cm³/mol. The van der Waals surface area contributed by atoms with Gasteiger partial charge < -0.3 is 13.9 Å². The van der Waals surface area contributed by atoms with Crippen LogP contribution >= 0.6 is 0 Å². The van der Waals surface area contributed by atoms with E-state index >= 15 is 0 Å². The smallest absolute Gasteiger partial charge is 0.244 e. The van der Waals surface area contributed by atoms with Crippen molar-refractivity contribution >= 4 is 15.5 Å². The van der Waals surface area contributed by atoms with Crippen molar-refractivity contribution in [2.75, 3.05) is 20.8 Å². The number of nitrogens with zero attached hydrogens (tertiary/aromatic N) is 2. The Bertz CT molecular complexity index is 999. The van der Waals surface area contributed by atoms with Crippen molar-refractivity contribution in [3.05, 3.63) is 54.6 Å². The minimum absolute atomic E-state index is 0.0608. The molecule has 0 saturated heterocycles. The van der Waals surface area contributed by atoms with E-state index in [0.29, 0.717) is 25.1 Å². The third-order valence-electron chi connectivity index (χ3n) is 4.04. The lowest BCUT2D eigenvalue weighted by Gasteiger charge is -2.12. The Morgan fingerprint density at radius 2 is 2.00 bits per heavy atom. The molecule has 0 bridgehead atoms. The first-order valence-corrected chi connectivity index (χ1v) is 9.66. The molecule has 8 heteroatoms. The number of nitrogens with one attached hydrogen (secondary N) is 1. The number of hydrogen-bond donors (Lipinski definition) is 1. The summed E-state index contributed by atoms with van der Waals surface area (Å²) in [5.74, 6) is 1.63. The van der Waals surface area contributed by atoms with Gasteiger partial charge in [-0.1, -0.05) is 6.07 Å². The van der Waals surface area contributed by atoms with Crippen LogP contribution in [-0.4, -0.2) is 38.6 Å². The van der Waals surface area contributed by atoms with Crippen LogP contribution in [0.2, 0.25) is 0 Å². The average molecular weight is 375 g/mol. The molecular weight excluding hydrogens is 354 g/mol. The van der Waals surface area contributed by atoms with Crippen molar-refractivity contribution in [2.45, 2.75) is 17.7 Å². The van der Waals surface area contributed by atoms with E-state index < -0.39 is 10.0 Å². The summed E-state index contributed by atoms with van der Waals surface area (Å²) in [5, 5.41) is 0. The first-order valence-electron chi connectivity index (χ1n) is 8.18. The molecule has 26 heavy (non-hydrogen) atoms. The Morgan fingerprint density at radius 1 is 1.15 bits per heavy atom.